The van der Waals surface area contributed by atoms with Gasteiger partial charge in [-0.05, 0) is 34.1 Å². The Bertz CT molecular complexity index is 176. The Kier molecular flexibility index (Phi) is 4.97. The highest BCUT2D eigenvalue weighted by Crippen LogP contribution is 2.09. The van der Waals surface area contributed by atoms with Crippen LogP contribution in [0.5, 0.6) is 0 Å². The first-order valence-corrected chi connectivity index (χ1v) is 4.70. The molecule has 3 nitrogen and oxygen atoms in total. The zero-order valence-corrected chi connectivity index (χ0v) is 9.04. The van der Waals surface area contributed by atoms with Gasteiger partial charge in [0, 0.05) is 12.6 Å². The molecule has 0 saturated heterocycles. The Hall–Kier alpha value is -0.590. The minimum atomic E-state index is -0.636. The van der Waals surface area contributed by atoms with Crippen molar-refractivity contribution in [3.05, 3.63) is 0 Å². The highest BCUT2D eigenvalue weighted by molar-refractivity contribution is 4.80. The second-order valence-corrected chi connectivity index (χ2v) is 4.28. The molecule has 0 amide bonds. The number of hydrogen-bond acceptors (Lipinski definition) is 3. The van der Waals surface area contributed by atoms with E-state index in [0.29, 0.717) is 19.0 Å². The molecule has 0 unspecified atom stereocenters. The van der Waals surface area contributed by atoms with E-state index in [9.17, 15) is 5.11 Å². The molecule has 0 aliphatic carbocycles. The van der Waals surface area contributed by atoms with Crippen LogP contribution in [-0.4, -0.2) is 34.7 Å². The molecule has 0 saturated carbocycles. The molecule has 0 aliphatic rings. The normalized spacial score (nSPS) is 12.2. The highest BCUT2D eigenvalue weighted by Gasteiger charge is 2.16. The number of hydrogen-bond donors (Lipinski definition) is 1. The van der Waals surface area contributed by atoms with Crippen LogP contribution in [-0.2, 0) is 0 Å². The molecule has 76 valence electrons. The van der Waals surface area contributed by atoms with Gasteiger partial charge in [-0.25, -0.2) is 0 Å². The van der Waals surface area contributed by atoms with Crippen LogP contribution in [0.15, 0.2) is 0 Å². The van der Waals surface area contributed by atoms with E-state index >= 15 is 0 Å². The van der Waals surface area contributed by atoms with Crippen molar-refractivity contribution in [1.29, 1.82) is 5.26 Å². The van der Waals surface area contributed by atoms with Gasteiger partial charge >= 0.3 is 0 Å². The molecule has 0 aromatic rings. The third kappa shape index (κ3) is 6.56. The summed E-state index contributed by atoms with van der Waals surface area (Å²) in [6.07, 6.45) is 0.701. The minimum Gasteiger partial charge on any atom is -0.390 e. The summed E-state index contributed by atoms with van der Waals surface area (Å²) in [6.45, 7) is 8.90. The number of rotatable bonds is 5. The van der Waals surface area contributed by atoms with Gasteiger partial charge < -0.3 is 5.11 Å². The van der Waals surface area contributed by atoms with Crippen molar-refractivity contribution in [2.45, 2.75) is 45.8 Å². The predicted octanol–water partition coefficient (Wildman–Crippen LogP) is 1.38. The molecule has 13 heavy (non-hydrogen) atoms. The van der Waals surface area contributed by atoms with E-state index in [4.69, 9.17) is 5.26 Å². The first-order valence-electron chi connectivity index (χ1n) is 4.70. The molecule has 0 aliphatic heterocycles. The molecule has 0 bridgehead atoms. The Balaban J connectivity index is 3.91. The molecule has 0 spiro atoms. The van der Waals surface area contributed by atoms with Gasteiger partial charge in [0.2, 0.25) is 0 Å². The fourth-order valence-corrected chi connectivity index (χ4v) is 1.03. The summed E-state index contributed by atoms with van der Waals surface area (Å²) in [5.41, 5.74) is -0.636. The molecule has 0 aromatic carbocycles. The molecular weight excluding hydrogens is 164 g/mol. The Morgan fingerprint density at radius 1 is 1.46 bits per heavy atom. The molecule has 0 radical (unpaired) electrons. The molecule has 0 fully saturated rings. The maximum atomic E-state index is 9.51. The quantitative estimate of drug-likeness (QED) is 0.657. The van der Waals surface area contributed by atoms with Gasteiger partial charge in [-0.15, -0.1) is 0 Å². The maximum Gasteiger partial charge on any atom is 0.0868 e. The zero-order chi connectivity index (χ0) is 10.5. The van der Waals surface area contributed by atoms with Crippen molar-refractivity contribution < 1.29 is 5.11 Å². The van der Waals surface area contributed by atoms with Crippen LogP contribution < -0.4 is 0 Å². The molecular formula is C10H20N2O. The van der Waals surface area contributed by atoms with Gasteiger partial charge in [0.15, 0.2) is 0 Å². The van der Waals surface area contributed by atoms with E-state index in [-0.39, 0.29) is 0 Å². The van der Waals surface area contributed by atoms with E-state index in [1.54, 1.807) is 13.8 Å². The van der Waals surface area contributed by atoms with Crippen molar-refractivity contribution in [2.75, 3.05) is 13.1 Å². The lowest BCUT2D eigenvalue weighted by Crippen LogP contribution is -2.35. The summed E-state index contributed by atoms with van der Waals surface area (Å²) in [4.78, 5) is 2.05. The third-order valence-electron chi connectivity index (χ3n) is 2.01. The molecule has 1 N–H and O–H groups in total. The zero-order valence-electron chi connectivity index (χ0n) is 9.04. The molecule has 0 aromatic heterocycles. The summed E-state index contributed by atoms with van der Waals surface area (Å²) in [5.74, 6) is 0. The fourth-order valence-electron chi connectivity index (χ4n) is 1.03. The van der Waals surface area contributed by atoms with Crippen molar-refractivity contribution in [3.63, 3.8) is 0 Å². The summed E-state index contributed by atoms with van der Waals surface area (Å²) < 4.78 is 0. The minimum absolute atomic E-state index is 0.363. The number of aliphatic hydroxyl groups is 1. The molecule has 0 heterocycles. The van der Waals surface area contributed by atoms with Crippen molar-refractivity contribution in [3.8, 4) is 6.07 Å². The molecule has 0 rings (SSSR count). The Morgan fingerprint density at radius 2 is 2.00 bits per heavy atom. The smallest absolute Gasteiger partial charge is 0.0868 e. The Morgan fingerprint density at radius 3 is 2.31 bits per heavy atom. The van der Waals surface area contributed by atoms with E-state index in [2.05, 4.69) is 24.8 Å². The molecule has 0 atom stereocenters. The standard InChI is InChI=1S/C10H20N2O/c1-9(2)12(8-6-11)7-5-10(3,4)13/h9,13H,5,7-8H2,1-4H3. The fraction of sp³-hybridized carbons (Fsp3) is 0.900. The van der Waals surface area contributed by atoms with E-state index in [1.165, 1.54) is 0 Å². The van der Waals surface area contributed by atoms with Crippen molar-refractivity contribution >= 4 is 0 Å². The van der Waals surface area contributed by atoms with Gasteiger partial charge in [0.25, 0.3) is 0 Å². The van der Waals surface area contributed by atoms with Gasteiger partial charge in [0.05, 0.1) is 18.2 Å². The van der Waals surface area contributed by atoms with Crippen molar-refractivity contribution in [1.82, 2.24) is 4.90 Å². The predicted molar refractivity (Wildman–Crippen MR) is 53.2 cm³/mol. The SMILES string of the molecule is CC(C)N(CC#N)CCC(C)(C)O. The van der Waals surface area contributed by atoms with E-state index < -0.39 is 5.60 Å². The van der Waals surface area contributed by atoms with Crippen LogP contribution in [0.4, 0.5) is 0 Å². The first kappa shape index (κ1) is 12.4. The third-order valence-corrected chi connectivity index (χ3v) is 2.01. The molecule has 3 heteroatoms. The van der Waals surface area contributed by atoms with E-state index in [1.807, 2.05) is 0 Å². The van der Waals surface area contributed by atoms with Gasteiger partial charge in [0.1, 0.15) is 0 Å². The van der Waals surface area contributed by atoms with Gasteiger partial charge in [-0.1, -0.05) is 0 Å². The summed E-state index contributed by atoms with van der Waals surface area (Å²) in [5, 5.41) is 18.1. The van der Waals surface area contributed by atoms with Crippen molar-refractivity contribution in [2.24, 2.45) is 0 Å². The van der Waals surface area contributed by atoms with Gasteiger partial charge in [-0.3, -0.25) is 4.90 Å². The van der Waals surface area contributed by atoms with Crippen LogP contribution in [0.25, 0.3) is 0 Å². The monoisotopic (exact) mass is 184 g/mol. The van der Waals surface area contributed by atoms with Crippen LogP contribution >= 0.6 is 0 Å². The maximum absolute atomic E-state index is 9.51. The van der Waals surface area contributed by atoms with Crippen LogP contribution in [0, 0.1) is 11.3 Å². The Labute approximate surface area is 81.0 Å². The van der Waals surface area contributed by atoms with Crippen LogP contribution in [0.1, 0.15) is 34.1 Å². The second-order valence-electron chi connectivity index (χ2n) is 4.28. The number of nitriles is 1. The average Bonchev–Trinajstić information content (AvgIpc) is 1.95. The summed E-state index contributed by atoms with van der Waals surface area (Å²) in [6, 6.07) is 2.49. The van der Waals surface area contributed by atoms with Gasteiger partial charge in [-0.2, -0.15) is 5.26 Å². The number of nitrogens with zero attached hydrogens (tertiary/aromatic N) is 2. The van der Waals surface area contributed by atoms with Crippen LogP contribution in [0.2, 0.25) is 0 Å². The first-order chi connectivity index (χ1) is 5.87. The second kappa shape index (κ2) is 5.21. The lowest BCUT2D eigenvalue weighted by molar-refractivity contribution is 0.0555. The largest absolute Gasteiger partial charge is 0.390 e. The highest BCUT2D eigenvalue weighted by atomic mass is 16.3. The lowest BCUT2D eigenvalue weighted by Gasteiger charge is -2.26. The topological polar surface area (TPSA) is 47.3 Å². The van der Waals surface area contributed by atoms with Crippen LogP contribution in [0.3, 0.4) is 0 Å². The average molecular weight is 184 g/mol. The van der Waals surface area contributed by atoms with E-state index in [0.717, 1.165) is 6.54 Å². The lowest BCUT2D eigenvalue weighted by atomic mass is 10.1. The summed E-state index contributed by atoms with van der Waals surface area (Å²) in [7, 11) is 0. The summed E-state index contributed by atoms with van der Waals surface area (Å²) >= 11 is 0.